The van der Waals surface area contributed by atoms with Crippen LogP contribution in [-0.4, -0.2) is 30.8 Å². The zero-order valence-corrected chi connectivity index (χ0v) is 18.8. The van der Waals surface area contributed by atoms with Gasteiger partial charge < -0.3 is 15.7 Å². The Morgan fingerprint density at radius 2 is 1.96 bits per heavy atom. The summed E-state index contributed by atoms with van der Waals surface area (Å²) in [7, 11) is 0. The number of aliphatic hydroxyl groups is 1. The molecule has 1 aromatic carbocycles. The Hall–Kier alpha value is -0.340. The van der Waals surface area contributed by atoms with E-state index in [9.17, 15) is 5.11 Å². The molecule has 0 aliphatic heterocycles. The standard InChI is InChI=1S/C18H30BrN3O.HI/c1-4-8-15(11-12-23)13-21-18(20-5-2)22-14(3)16-9-6-7-10-17(16)19;/h6-7,9-10,14-15,23H,4-5,8,11-13H2,1-3H3,(H2,20,21,22);1H. The summed E-state index contributed by atoms with van der Waals surface area (Å²) in [6, 6.07) is 8.38. The first kappa shape index (κ1) is 23.7. The van der Waals surface area contributed by atoms with E-state index in [4.69, 9.17) is 4.99 Å². The molecule has 0 aromatic heterocycles. The summed E-state index contributed by atoms with van der Waals surface area (Å²) in [5.41, 5.74) is 1.21. The summed E-state index contributed by atoms with van der Waals surface area (Å²) >= 11 is 3.60. The van der Waals surface area contributed by atoms with Crippen LogP contribution in [0.5, 0.6) is 0 Å². The second kappa shape index (κ2) is 13.9. The van der Waals surface area contributed by atoms with E-state index in [-0.39, 0.29) is 36.6 Å². The molecule has 0 spiro atoms. The van der Waals surface area contributed by atoms with Crippen molar-refractivity contribution in [3.63, 3.8) is 0 Å². The Morgan fingerprint density at radius 1 is 1.25 bits per heavy atom. The smallest absolute Gasteiger partial charge is 0.191 e. The molecule has 2 atom stereocenters. The third kappa shape index (κ3) is 8.67. The molecule has 0 amide bonds. The van der Waals surface area contributed by atoms with Crippen LogP contribution in [0.1, 0.15) is 51.6 Å². The summed E-state index contributed by atoms with van der Waals surface area (Å²) in [5.74, 6) is 1.27. The van der Waals surface area contributed by atoms with Gasteiger partial charge in [0.05, 0.1) is 6.04 Å². The lowest BCUT2D eigenvalue weighted by Gasteiger charge is -2.20. The maximum Gasteiger partial charge on any atom is 0.191 e. The molecule has 2 unspecified atom stereocenters. The molecular formula is C18H31BrIN3O. The van der Waals surface area contributed by atoms with E-state index in [0.717, 1.165) is 42.8 Å². The lowest BCUT2D eigenvalue weighted by molar-refractivity contribution is 0.253. The third-order valence-corrected chi connectivity index (χ3v) is 4.53. The summed E-state index contributed by atoms with van der Waals surface area (Å²) in [4.78, 5) is 4.71. The largest absolute Gasteiger partial charge is 0.396 e. The highest BCUT2D eigenvalue weighted by atomic mass is 127. The van der Waals surface area contributed by atoms with Gasteiger partial charge >= 0.3 is 0 Å². The van der Waals surface area contributed by atoms with Crippen molar-refractivity contribution in [3.8, 4) is 0 Å². The molecular weight excluding hydrogens is 481 g/mol. The summed E-state index contributed by atoms with van der Waals surface area (Å²) in [5, 5.41) is 15.9. The molecule has 3 N–H and O–H groups in total. The van der Waals surface area contributed by atoms with E-state index < -0.39 is 0 Å². The van der Waals surface area contributed by atoms with E-state index in [1.165, 1.54) is 5.56 Å². The van der Waals surface area contributed by atoms with Gasteiger partial charge in [0.15, 0.2) is 5.96 Å². The van der Waals surface area contributed by atoms with E-state index in [0.29, 0.717) is 5.92 Å². The number of benzene rings is 1. The van der Waals surface area contributed by atoms with Crippen LogP contribution in [0.2, 0.25) is 0 Å². The van der Waals surface area contributed by atoms with Crippen LogP contribution >= 0.6 is 39.9 Å². The van der Waals surface area contributed by atoms with Gasteiger partial charge in [0.1, 0.15) is 0 Å². The molecule has 0 radical (unpaired) electrons. The van der Waals surface area contributed by atoms with E-state index in [1.807, 2.05) is 12.1 Å². The number of rotatable bonds is 9. The Morgan fingerprint density at radius 3 is 2.54 bits per heavy atom. The fourth-order valence-corrected chi connectivity index (χ4v) is 3.20. The zero-order valence-electron chi connectivity index (χ0n) is 14.9. The Labute approximate surface area is 172 Å². The van der Waals surface area contributed by atoms with Crippen LogP contribution in [-0.2, 0) is 0 Å². The number of hydrogen-bond donors (Lipinski definition) is 3. The second-order valence-corrected chi connectivity index (χ2v) is 6.63. The van der Waals surface area contributed by atoms with Gasteiger partial charge in [0.25, 0.3) is 0 Å². The third-order valence-electron chi connectivity index (χ3n) is 3.81. The fraction of sp³-hybridized carbons (Fsp3) is 0.611. The van der Waals surface area contributed by atoms with Crippen molar-refractivity contribution < 1.29 is 5.11 Å². The van der Waals surface area contributed by atoms with Crippen molar-refractivity contribution >= 4 is 45.9 Å². The number of aliphatic imine (C=N–C) groups is 1. The highest BCUT2D eigenvalue weighted by Crippen LogP contribution is 2.22. The molecule has 138 valence electrons. The minimum absolute atomic E-state index is 0. The number of guanidine groups is 1. The lowest BCUT2D eigenvalue weighted by atomic mass is 10.0. The van der Waals surface area contributed by atoms with Crippen molar-refractivity contribution in [1.82, 2.24) is 10.6 Å². The molecule has 0 aliphatic carbocycles. The number of aliphatic hydroxyl groups excluding tert-OH is 1. The summed E-state index contributed by atoms with van der Waals surface area (Å²) < 4.78 is 1.10. The molecule has 0 saturated heterocycles. The molecule has 1 rings (SSSR count). The highest BCUT2D eigenvalue weighted by molar-refractivity contribution is 14.0. The summed E-state index contributed by atoms with van der Waals surface area (Å²) in [6.45, 7) is 8.17. The van der Waals surface area contributed by atoms with Gasteiger partial charge in [-0.15, -0.1) is 24.0 Å². The molecule has 0 fully saturated rings. The van der Waals surface area contributed by atoms with Crippen LogP contribution in [0.25, 0.3) is 0 Å². The average Bonchev–Trinajstić information content (AvgIpc) is 2.53. The monoisotopic (exact) mass is 511 g/mol. The van der Waals surface area contributed by atoms with Crippen LogP contribution in [0.4, 0.5) is 0 Å². The molecule has 4 nitrogen and oxygen atoms in total. The zero-order chi connectivity index (χ0) is 17.1. The molecule has 0 aliphatic rings. The van der Waals surface area contributed by atoms with E-state index >= 15 is 0 Å². The van der Waals surface area contributed by atoms with Gasteiger partial charge in [0.2, 0.25) is 0 Å². The predicted octanol–water partition coefficient (Wildman–Crippen LogP) is 4.48. The van der Waals surface area contributed by atoms with Crippen molar-refractivity contribution in [1.29, 1.82) is 0 Å². The van der Waals surface area contributed by atoms with Crippen LogP contribution in [0, 0.1) is 5.92 Å². The Bertz CT molecular complexity index is 479. The van der Waals surface area contributed by atoms with Crippen LogP contribution < -0.4 is 10.6 Å². The Kier molecular flexibility index (Phi) is 13.7. The predicted molar refractivity (Wildman–Crippen MR) is 117 cm³/mol. The maximum absolute atomic E-state index is 9.17. The first-order valence-electron chi connectivity index (χ1n) is 8.52. The lowest BCUT2D eigenvalue weighted by Crippen LogP contribution is -2.39. The topological polar surface area (TPSA) is 56.7 Å². The van der Waals surface area contributed by atoms with Gasteiger partial charge in [-0.05, 0) is 44.2 Å². The van der Waals surface area contributed by atoms with Crippen LogP contribution in [0.15, 0.2) is 33.7 Å². The van der Waals surface area contributed by atoms with E-state index in [2.05, 4.69) is 59.5 Å². The van der Waals surface area contributed by atoms with E-state index in [1.54, 1.807) is 0 Å². The number of nitrogens with zero attached hydrogens (tertiary/aromatic N) is 1. The first-order valence-corrected chi connectivity index (χ1v) is 9.31. The number of nitrogens with one attached hydrogen (secondary N) is 2. The van der Waals surface area contributed by atoms with Gasteiger partial charge in [-0.25, -0.2) is 0 Å². The molecule has 1 aromatic rings. The average molecular weight is 512 g/mol. The number of halogens is 2. The normalized spacial score (nSPS) is 13.8. The van der Waals surface area contributed by atoms with Gasteiger partial charge in [-0.2, -0.15) is 0 Å². The van der Waals surface area contributed by atoms with Crippen molar-refractivity contribution in [3.05, 3.63) is 34.3 Å². The minimum Gasteiger partial charge on any atom is -0.396 e. The maximum atomic E-state index is 9.17. The molecule has 6 heteroatoms. The SMILES string of the molecule is CCCC(CCO)CN=C(NCC)NC(C)c1ccccc1Br.I. The Balaban J connectivity index is 0.00000529. The van der Waals surface area contributed by atoms with Gasteiger partial charge in [-0.3, -0.25) is 4.99 Å². The van der Waals surface area contributed by atoms with Crippen molar-refractivity contribution in [2.75, 3.05) is 19.7 Å². The van der Waals surface area contributed by atoms with Gasteiger partial charge in [-0.1, -0.05) is 47.5 Å². The second-order valence-electron chi connectivity index (χ2n) is 5.77. The van der Waals surface area contributed by atoms with Crippen molar-refractivity contribution in [2.24, 2.45) is 10.9 Å². The van der Waals surface area contributed by atoms with Crippen molar-refractivity contribution in [2.45, 2.75) is 46.1 Å². The summed E-state index contributed by atoms with van der Waals surface area (Å²) in [6.07, 6.45) is 3.04. The molecule has 0 heterocycles. The molecule has 0 bridgehead atoms. The number of hydrogen-bond acceptors (Lipinski definition) is 2. The van der Waals surface area contributed by atoms with Gasteiger partial charge in [0, 0.05) is 24.2 Å². The van der Waals surface area contributed by atoms with Crippen LogP contribution in [0.3, 0.4) is 0 Å². The fourth-order valence-electron chi connectivity index (χ4n) is 2.57. The quantitative estimate of drug-likeness (QED) is 0.260. The molecule has 24 heavy (non-hydrogen) atoms. The highest BCUT2D eigenvalue weighted by Gasteiger charge is 2.12. The molecule has 0 saturated carbocycles. The first-order chi connectivity index (χ1) is 11.1. The minimum atomic E-state index is 0.